The van der Waals surface area contributed by atoms with Crippen LogP contribution in [-0.2, 0) is 21.1 Å². The first kappa shape index (κ1) is 18.6. The molecule has 6 nitrogen and oxygen atoms in total. The van der Waals surface area contributed by atoms with E-state index in [1.807, 2.05) is 17.9 Å². The molecule has 6 aromatic rings. The minimum atomic E-state index is 0.930. The lowest BCUT2D eigenvalue weighted by Gasteiger charge is -2.04. The highest BCUT2D eigenvalue weighted by atomic mass is 127. The summed E-state index contributed by atoms with van der Waals surface area (Å²) in [6.45, 7) is 0. The second-order valence-corrected chi connectivity index (χ2v) is 9.13. The van der Waals surface area contributed by atoms with Crippen LogP contribution < -0.4 is 0 Å². The Kier molecular flexibility index (Phi) is 3.98. The Morgan fingerprint density at radius 2 is 1.19 bits per heavy atom. The molecule has 0 aliphatic carbocycles. The molecule has 0 bridgehead atoms. The maximum absolute atomic E-state index is 4.97. The predicted molar refractivity (Wildman–Crippen MR) is 133 cm³/mol. The standard InChI is InChI=1S/C24H19IN6/c1-29-13-26-17-10-14(4-7-20(17)29)23-27-18-11-15(5-8-21(18)30(23)2)24-28-19-12-16(25)6-9-22(19)31(24)3/h4-13H,1-3H3. The minimum absolute atomic E-state index is 0.930. The number of aryl methyl sites for hydroxylation is 3. The molecule has 0 N–H and O–H groups in total. The quantitative estimate of drug-likeness (QED) is 0.293. The summed E-state index contributed by atoms with van der Waals surface area (Å²) in [5.74, 6) is 1.88. The fourth-order valence-corrected chi connectivity index (χ4v) is 4.78. The number of rotatable bonds is 2. The SMILES string of the molecule is Cn1cnc2cc(-c3nc4cc(-c5nc6cc(I)ccc6n5C)ccc4n3C)ccc21. The molecule has 0 unspecified atom stereocenters. The molecule has 0 spiro atoms. The predicted octanol–water partition coefficient (Wildman–Crippen LogP) is 5.29. The number of imidazole rings is 3. The Hall–Kier alpha value is -3.20. The van der Waals surface area contributed by atoms with Gasteiger partial charge in [-0.2, -0.15) is 0 Å². The number of benzene rings is 3. The molecule has 0 aliphatic heterocycles. The molecule has 3 aromatic heterocycles. The van der Waals surface area contributed by atoms with Crippen LogP contribution in [0.15, 0.2) is 60.9 Å². The Labute approximate surface area is 192 Å². The van der Waals surface area contributed by atoms with E-state index in [2.05, 4.69) is 105 Å². The van der Waals surface area contributed by atoms with Crippen molar-refractivity contribution >= 4 is 55.7 Å². The van der Waals surface area contributed by atoms with Gasteiger partial charge in [-0.3, -0.25) is 0 Å². The molecule has 152 valence electrons. The van der Waals surface area contributed by atoms with E-state index in [1.54, 1.807) is 0 Å². The van der Waals surface area contributed by atoms with Crippen molar-refractivity contribution < 1.29 is 0 Å². The van der Waals surface area contributed by atoms with Gasteiger partial charge in [-0.25, -0.2) is 15.0 Å². The van der Waals surface area contributed by atoms with Crippen molar-refractivity contribution in [2.75, 3.05) is 0 Å². The van der Waals surface area contributed by atoms with Gasteiger partial charge in [0.05, 0.1) is 39.4 Å². The van der Waals surface area contributed by atoms with E-state index in [4.69, 9.17) is 9.97 Å². The van der Waals surface area contributed by atoms with Gasteiger partial charge in [0, 0.05) is 35.8 Å². The second kappa shape index (κ2) is 6.65. The maximum Gasteiger partial charge on any atom is 0.140 e. The van der Waals surface area contributed by atoms with Crippen LogP contribution in [0.3, 0.4) is 0 Å². The van der Waals surface area contributed by atoms with Crippen LogP contribution in [0.1, 0.15) is 0 Å². The lowest BCUT2D eigenvalue weighted by Crippen LogP contribution is -1.93. The molecule has 0 aliphatic rings. The van der Waals surface area contributed by atoms with Gasteiger partial charge in [0.1, 0.15) is 11.6 Å². The molecule has 7 heteroatoms. The molecule has 0 saturated heterocycles. The molecule has 3 heterocycles. The number of aromatic nitrogens is 6. The van der Waals surface area contributed by atoms with Crippen molar-refractivity contribution in [3.63, 3.8) is 0 Å². The van der Waals surface area contributed by atoms with E-state index < -0.39 is 0 Å². The van der Waals surface area contributed by atoms with Crippen molar-refractivity contribution in [1.82, 2.24) is 28.7 Å². The summed E-state index contributed by atoms with van der Waals surface area (Å²) in [7, 11) is 6.13. The highest BCUT2D eigenvalue weighted by molar-refractivity contribution is 14.1. The van der Waals surface area contributed by atoms with Gasteiger partial charge in [0.25, 0.3) is 0 Å². The van der Waals surface area contributed by atoms with Gasteiger partial charge in [-0.1, -0.05) is 0 Å². The van der Waals surface area contributed by atoms with Crippen LogP contribution in [0, 0.1) is 3.57 Å². The third-order valence-corrected chi connectivity index (χ3v) is 6.64. The van der Waals surface area contributed by atoms with Gasteiger partial charge < -0.3 is 13.7 Å². The summed E-state index contributed by atoms with van der Waals surface area (Å²) in [4.78, 5) is 14.3. The van der Waals surface area contributed by atoms with Gasteiger partial charge in [-0.05, 0) is 77.2 Å². The number of hydrogen-bond donors (Lipinski definition) is 0. The Balaban J connectivity index is 1.50. The third-order valence-electron chi connectivity index (χ3n) is 5.97. The van der Waals surface area contributed by atoms with E-state index in [0.717, 1.165) is 55.9 Å². The zero-order chi connectivity index (χ0) is 21.3. The summed E-state index contributed by atoms with van der Waals surface area (Å²) in [6.07, 6.45) is 1.84. The first-order chi connectivity index (χ1) is 15.0. The molecule has 0 radical (unpaired) electrons. The number of fused-ring (bicyclic) bond motifs is 3. The molecular weight excluding hydrogens is 499 g/mol. The van der Waals surface area contributed by atoms with Crippen LogP contribution in [0.4, 0.5) is 0 Å². The Morgan fingerprint density at radius 3 is 1.87 bits per heavy atom. The maximum atomic E-state index is 4.97. The Bertz CT molecular complexity index is 1640. The van der Waals surface area contributed by atoms with E-state index in [1.165, 1.54) is 3.57 Å². The summed E-state index contributed by atoms with van der Waals surface area (Å²) < 4.78 is 7.49. The topological polar surface area (TPSA) is 53.5 Å². The summed E-state index contributed by atoms with van der Waals surface area (Å²) in [5.41, 5.74) is 8.39. The molecule has 0 atom stereocenters. The number of halogens is 1. The van der Waals surface area contributed by atoms with Crippen molar-refractivity contribution in [2.24, 2.45) is 21.1 Å². The lowest BCUT2D eigenvalue weighted by molar-refractivity contribution is 0.947. The summed E-state index contributed by atoms with van der Waals surface area (Å²) in [6, 6.07) is 19.0. The van der Waals surface area contributed by atoms with Crippen LogP contribution in [-0.4, -0.2) is 28.7 Å². The van der Waals surface area contributed by atoms with E-state index in [-0.39, 0.29) is 0 Å². The normalized spacial score (nSPS) is 11.9. The number of nitrogens with zero attached hydrogens (tertiary/aromatic N) is 6. The van der Waals surface area contributed by atoms with Gasteiger partial charge in [0.2, 0.25) is 0 Å². The lowest BCUT2D eigenvalue weighted by atomic mass is 10.2. The largest absolute Gasteiger partial charge is 0.334 e. The number of hydrogen-bond acceptors (Lipinski definition) is 3. The highest BCUT2D eigenvalue weighted by Gasteiger charge is 2.15. The van der Waals surface area contributed by atoms with Gasteiger partial charge >= 0.3 is 0 Å². The summed E-state index contributed by atoms with van der Waals surface area (Å²) >= 11 is 2.33. The van der Waals surface area contributed by atoms with Crippen LogP contribution >= 0.6 is 22.6 Å². The fourth-order valence-electron chi connectivity index (χ4n) is 4.30. The van der Waals surface area contributed by atoms with Crippen LogP contribution in [0.25, 0.3) is 55.9 Å². The second-order valence-electron chi connectivity index (χ2n) is 7.88. The molecule has 31 heavy (non-hydrogen) atoms. The molecule has 6 rings (SSSR count). The monoisotopic (exact) mass is 518 g/mol. The molecule has 0 fully saturated rings. The fraction of sp³-hybridized carbons (Fsp3) is 0.125. The first-order valence-corrected chi connectivity index (χ1v) is 11.1. The zero-order valence-electron chi connectivity index (χ0n) is 17.3. The minimum Gasteiger partial charge on any atom is -0.334 e. The van der Waals surface area contributed by atoms with Crippen molar-refractivity contribution in [1.29, 1.82) is 0 Å². The van der Waals surface area contributed by atoms with E-state index in [0.29, 0.717) is 0 Å². The van der Waals surface area contributed by atoms with Crippen LogP contribution in [0.5, 0.6) is 0 Å². The van der Waals surface area contributed by atoms with Crippen molar-refractivity contribution in [2.45, 2.75) is 0 Å². The Morgan fingerprint density at radius 1 is 0.645 bits per heavy atom. The molecular formula is C24H19IN6. The van der Waals surface area contributed by atoms with E-state index >= 15 is 0 Å². The average molecular weight is 518 g/mol. The van der Waals surface area contributed by atoms with E-state index in [9.17, 15) is 0 Å². The van der Waals surface area contributed by atoms with Crippen molar-refractivity contribution in [3.8, 4) is 22.8 Å². The van der Waals surface area contributed by atoms with Gasteiger partial charge in [0.15, 0.2) is 0 Å². The zero-order valence-corrected chi connectivity index (χ0v) is 19.5. The molecule has 3 aromatic carbocycles. The third kappa shape index (κ3) is 2.79. The van der Waals surface area contributed by atoms with Crippen molar-refractivity contribution in [3.05, 3.63) is 64.5 Å². The molecule has 0 amide bonds. The first-order valence-electron chi connectivity index (χ1n) is 10.00. The van der Waals surface area contributed by atoms with Gasteiger partial charge in [-0.15, -0.1) is 0 Å². The smallest absolute Gasteiger partial charge is 0.140 e. The summed E-state index contributed by atoms with van der Waals surface area (Å²) in [5, 5.41) is 0. The average Bonchev–Trinajstić information content (AvgIpc) is 3.41. The highest BCUT2D eigenvalue weighted by Crippen LogP contribution is 2.30. The van der Waals surface area contributed by atoms with Crippen LogP contribution in [0.2, 0.25) is 0 Å². The molecule has 0 saturated carbocycles.